The fraction of sp³-hybridized carbons (Fsp3) is 0. The van der Waals surface area contributed by atoms with Gasteiger partial charge in [0.15, 0.2) is 0 Å². The minimum absolute atomic E-state index is 0.0591. The van der Waals surface area contributed by atoms with Gasteiger partial charge in [0.25, 0.3) is 0 Å². The molecule has 0 saturated heterocycles. The molecule has 1 nitrogen and oxygen atoms in total. The third-order valence-electron chi connectivity index (χ3n) is 8.42. The van der Waals surface area contributed by atoms with Gasteiger partial charge in [0.05, 0.1) is 12.3 Å². The molecule has 0 atom stereocenters. The molecular weight excluding hydrogens is 544 g/mol. The van der Waals surface area contributed by atoms with Gasteiger partial charge < -0.3 is 4.42 Å². The molecule has 1 heteroatoms. The van der Waals surface area contributed by atoms with Gasteiger partial charge >= 0.3 is 0 Å². The standard InChI is InChI=1S/C44H28O/c1-3-12-29(13-4-1)30-22-24-32(25-23-30)42-35-16-7-9-18-37(35)43(38-19-10-8-17-36(38)42)33-26-27-40-39(28-33)44-34(20-11-21-41(44)45-40)31-14-5-2-6-15-31/h1-28H/i1D,3D,4D,12D,13D,22D,23D,24D,25D. The Balaban J connectivity index is 1.34. The van der Waals surface area contributed by atoms with Crippen LogP contribution >= 0.6 is 0 Å². The van der Waals surface area contributed by atoms with Crippen LogP contribution < -0.4 is 0 Å². The fourth-order valence-electron chi connectivity index (χ4n) is 6.49. The van der Waals surface area contributed by atoms with Crippen molar-refractivity contribution in [2.45, 2.75) is 0 Å². The normalized spacial score (nSPS) is 14.4. The lowest BCUT2D eigenvalue weighted by Gasteiger charge is -2.18. The second kappa shape index (κ2) is 10.4. The van der Waals surface area contributed by atoms with Crippen LogP contribution in [0, 0.1) is 0 Å². The van der Waals surface area contributed by atoms with Gasteiger partial charge in [0.2, 0.25) is 0 Å². The van der Waals surface area contributed by atoms with E-state index in [9.17, 15) is 2.74 Å². The van der Waals surface area contributed by atoms with Crippen LogP contribution in [0.15, 0.2) is 174 Å². The molecule has 0 fully saturated rings. The first-order valence-electron chi connectivity index (χ1n) is 19.2. The second-order valence-corrected chi connectivity index (χ2v) is 10.9. The van der Waals surface area contributed by atoms with Crippen molar-refractivity contribution in [1.29, 1.82) is 0 Å². The highest BCUT2D eigenvalue weighted by Gasteiger charge is 2.19. The van der Waals surface area contributed by atoms with E-state index < -0.39 is 42.3 Å². The Hall–Kier alpha value is -5.92. The monoisotopic (exact) mass is 581 g/mol. The molecule has 1 aromatic heterocycles. The second-order valence-electron chi connectivity index (χ2n) is 10.9. The molecule has 45 heavy (non-hydrogen) atoms. The molecule has 9 aromatic rings. The summed E-state index contributed by atoms with van der Waals surface area (Å²) in [6.45, 7) is 0. The highest BCUT2D eigenvalue weighted by Crippen LogP contribution is 2.45. The van der Waals surface area contributed by atoms with Crippen LogP contribution in [-0.2, 0) is 0 Å². The van der Waals surface area contributed by atoms with Crippen molar-refractivity contribution < 1.29 is 16.8 Å². The fourth-order valence-corrected chi connectivity index (χ4v) is 6.49. The molecule has 0 unspecified atom stereocenters. The van der Waals surface area contributed by atoms with Gasteiger partial charge in [0, 0.05) is 10.8 Å². The molecule has 210 valence electrons. The van der Waals surface area contributed by atoms with E-state index in [4.69, 9.17) is 14.0 Å². The van der Waals surface area contributed by atoms with Crippen molar-refractivity contribution in [1.82, 2.24) is 0 Å². The topological polar surface area (TPSA) is 13.1 Å². The van der Waals surface area contributed by atoms with Crippen molar-refractivity contribution >= 4 is 43.5 Å². The summed E-state index contributed by atoms with van der Waals surface area (Å²) in [4.78, 5) is 0. The highest BCUT2D eigenvalue weighted by atomic mass is 16.3. The molecule has 0 spiro atoms. The van der Waals surface area contributed by atoms with Crippen molar-refractivity contribution in [3.8, 4) is 44.5 Å². The minimum Gasteiger partial charge on any atom is -0.456 e. The first-order chi connectivity index (χ1) is 26.1. The van der Waals surface area contributed by atoms with Crippen LogP contribution in [0.25, 0.3) is 88.0 Å². The van der Waals surface area contributed by atoms with Crippen LogP contribution in [0.3, 0.4) is 0 Å². The third kappa shape index (κ3) is 4.17. The van der Waals surface area contributed by atoms with Crippen molar-refractivity contribution in [3.63, 3.8) is 0 Å². The SMILES string of the molecule is [2H]c1c([2H])c([2H])c(-c2c([2H])c([2H])c(-c3c4ccccc4c(-c4ccc5oc6cccc(-c7ccccc7)c6c5c4)c4ccccc34)c([2H])c2[2H])c([2H])c1[2H]. The van der Waals surface area contributed by atoms with Crippen molar-refractivity contribution in [2.24, 2.45) is 0 Å². The molecule has 9 rings (SSSR count). The molecule has 0 saturated carbocycles. The quantitative estimate of drug-likeness (QED) is 0.188. The summed E-state index contributed by atoms with van der Waals surface area (Å²) in [5.74, 6) is 0. The van der Waals surface area contributed by atoms with Gasteiger partial charge in [-0.15, -0.1) is 0 Å². The van der Waals surface area contributed by atoms with E-state index in [1.165, 1.54) is 0 Å². The van der Waals surface area contributed by atoms with Crippen LogP contribution in [0.1, 0.15) is 12.3 Å². The molecule has 0 N–H and O–H groups in total. The lowest BCUT2D eigenvalue weighted by molar-refractivity contribution is 0.669. The predicted molar refractivity (Wildman–Crippen MR) is 190 cm³/mol. The molecule has 0 radical (unpaired) electrons. The van der Waals surface area contributed by atoms with E-state index in [1.807, 2.05) is 91.0 Å². The molecule has 8 aromatic carbocycles. The van der Waals surface area contributed by atoms with Crippen LogP contribution in [0.4, 0.5) is 0 Å². The first kappa shape index (κ1) is 18.0. The van der Waals surface area contributed by atoms with E-state index in [0.29, 0.717) is 16.3 Å². The van der Waals surface area contributed by atoms with Gasteiger partial charge in [-0.25, -0.2) is 0 Å². The maximum atomic E-state index is 9.31. The van der Waals surface area contributed by atoms with Gasteiger partial charge in [0.1, 0.15) is 11.2 Å². The molecule has 0 aliphatic rings. The first-order valence-corrected chi connectivity index (χ1v) is 14.7. The van der Waals surface area contributed by atoms with Gasteiger partial charge in [-0.05, 0) is 84.3 Å². The Bertz CT molecular complexity index is 2930. The smallest absolute Gasteiger partial charge is 0.136 e. The van der Waals surface area contributed by atoms with E-state index in [1.54, 1.807) is 0 Å². The molecule has 0 bridgehead atoms. The summed E-state index contributed by atoms with van der Waals surface area (Å²) < 4.78 is 84.6. The van der Waals surface area contributed by atoms with E-state index in [2.05, 4.69) is 24.3 Å². The van der Waals surface area contributed by atoms with Crippen molar-refractivity contribution in [2.75, 3.05) is 0 Å². The summed E-state index contributed by atoms with van der Waals surface area (Å²) in [7, 11) is 0. The number of hydrogen-bond acceptors (Lipinski definition) is 1. The van der Waals surface area contributed by atoms with E-state index >= 15 is 0 Å². The van der Waals surface area contributed by atoms with Crippen LogP contribution in [0.5, 0.6) is 0 Å². The molecule has 0 amide bonds. The van der Waals surface area contributed by atoms with E-state index in [0.717, 1.165) is 55.0 Å². The summed E-state index contributed by atoms with van der Waals surface area (Å²) >= 11 is 0. The Morgan fingerprint density at radius 1 is 0.378 bits per heavy atom. The lowest BCUT2D eigenvalue weighted by Crippen LogP contribution is -1.91. The Morgan fingerprint density at radius 2 is 0.956 bits per heavy atom. The summed E-state index contributed by atoms with van der Waals surface area (Å²) in [6, 6.07) is 33.1. The number of benzene rings is 8. The van der Waals surface area contributed by atoms with Gasteiger partial charge in [-0.2, -0.15) is 0 Å². The third-order valence-corrected chi connectivity index (χ3v) is 8.42. The number of hydrogen-bond donors (Lipinski definition) is 0. The summed E-state index contributed by atoms with van der Waals surface area (Å²) in [6.07, 6.45) is 0. The van der Waals surface area contributed by atoms with Crippen molar-refractivity contribution in [3.05, 3.63) is 170 Å². The average Bonchev–Trinajstić information content (AvgIpc) is 3.58. The number of furan rings is 1. The van der Waals surface area contributed by atoms with Crippen LogP contribution in [0.2, 0.25) is 0 Å². The number of rotatable bonds is 4. The Morgan fingerprint density at radius 3 is 1.62 bits per heavy atom. The maximum absolute atomic E-state index is 9.31. The number of fused-ring (bicyclic) bond motifs is 5. The lowest BCUT2D eigenvalue weighted by atomic mass is 9.85. The molecule has 0 aliphatic carbocycles. The molecule has 1 heterocycles. The average molecular weight is 582 g/mol. The van der Waals surface area contributed by atoms with Gasteiger partial charge in [-0.3, -0.25) is 0 Å². The Labute approximate surface area is 274 Å². The Kier molecular flexibility index (Phi) is 4.15. The molecule has 0 aliphatic heterocycles. The highest BCUT2D eigenvalue weighted by molar-refractivity contribution is 6.22. The molecular formula is C44H28O. The zero-order valence-corrected chi connectivity index (χ0v) is 23.9. The van der Waals surface area contributed by atoms with E-state index in [-0.39, 0.29) is 28.8 Å². The van der Waals surface area contributed by atoms with Gasteiger partial charge in [-0.1, -0.05) is 151 Å². The largest absolute Gasteiger partial charge is 0.456 e. The minimum atomic E-state index is -0.614. The maximum Gasteiger partial charge on any atom is 0.136 e. The summed E-state index contributed by atoms with van der Waals surface area (Å²) in [5, 5.41) is 5.08. The predicted octanol–water partition coefficient (Wildman–Crippen LogP) is 12.6. The zero-order chi connectivity index (χ0) is 37.6. The summed E-state index contributed by atoms with van der Waals surface area (Å²) in [5.41, 5.74) is 5.40. The zero-order valence-electron chi connectivity index (χ0n) is 32.9. The van der Waals surface area contributed by atoms with Crippen LogP contribution in [-0.4, -0.2) is 0 Å².